The van der Waals surface area contributed by atoms with E-state index in [0.717, 1.165) is 11.2 Å². The van der Waals surface area contributed by atoms with Gasteiger partial charge >= 0.3 is 19.9 Å². The number of carbonyl (C=O) groups excluding carboxylic acids is 2. The zero-order valence-corrected chi connectivity index (χ0v) is 21.7. The lowest BCUT2D eigenvalue weighted by molar-refractivity contribution is -0.0392. The summed E-state index contributed by atoms with van der Waals surface area (Å²) in [6, 6.07) is 3.63. The molecule has 0 fully saturated rings. The molecule has 2 aromatic rings. The van der Waals surface area contributed by atoms with Crippen molar-refractivity contribution in [2.24, 2.45) is 0 Å². The lowest BCUT2D eigenvalue weighted by Gasteiger charge is -2.21. The van der Waals surface area contributed by atoms with E-state index in [1.807, 2.05) is 13.0 Å². The quantitative estimate of drug-likeness (QED) is 0.214. The van der Waals surface area contributed by atoms with E-state index in [2.05, 4.69) is 10.1 Å². The van der Waals surface area contributed by atoms with Crippen LogP contribution in [0.25, 0.3) is 5.52 Å². The summed E-state index contributed by atoms with van der Waals surface area (Å²) in [5.41, 5.74) is 2.28. The highest BCUT2D eigenvalue weighted by Gasteiger charge is 2.29. The van der Waals surface area contributed by atoms with Crippen LogP contribution >= 0.6 is 7.60 Å². The Labute approximate surface area is 208 Å². The van der Waals surface area contributed by atoms with E-state index in [4.69, 9.17) is 32.7 Å². The summed E-state index contributed by atoms with van der Waals surface area (Å²) in [6.07, 6.45) is -2.82. The van der Waals surface area contributed by atoms with E-state index < -0.39 is 64.8 Å². The Hall–Kier alpha value is -2.77. The predicted molar refractivity (Wildman–Crippen MR) is 123 cm³/mol. The van der Waals surface area contributed by atoms with E-state index in [0.29, 0.717) is 5.69 Å². The number of nitrogens with zero attached hydrogens (tertiary/aromatic N) is 3. The highest BCUT2D eigenvalue weighted by atomic mass is 31.2. The van der Waals surface area contributed by atoms with E-state index in [-0.39, 0.29) is 6.42 Å². The van der Waals surface area contributed by atoms with Crippen molar-refractivity contribution in [2.75, 3.05) is 26.5 Å². The van der Waals surface area contributed by atoms with Crippen LogP contribution in [0, 0.1) is 6.92 Å². The van der Waals surface area contributed by atoms with Crippen molar-refractivity contribution in [3.63, 3.8) is 0 Å². The molecule has 0 radical (unpaired) electrons. The van der Waals surface area contributed by atoms with Gasteiger partial charge in [0.2, 0.25) is 13.6 Å². The minimum Gasteiger partial charge on any atom is -0.432 e. The third kappa shape index (κ3) is 9.70. The first-order valence-electron chi connectivity index (χ1n) is 11.1. The molecule has 0 aromatic carbocycles. The maximum absolute atomic E-state index is 13.2. The average Bonchev–Trinajstić information content (AvgIpc) is 3.19. The summed E-state index contributed by atoms with van der Waals surface area (Å²) >= 11 is 0. The Morgan fingerprint density at radius 2 is 1.61 bits per heavy atom. The fraction of sp³-hybridized carbons (Fsp3) is 0.619. The lowest BCUT2D eigenvalue weighted by Crippen LogP contribution is -2.24. The van der Waals surface area contributed by atoms with Gasteiger partial charge in [-0.05, 0) is 46.8 Å². The molecule has 14 nitrogen and oxygen atoms in total. The topological polar surface area (TPSA) is 166 Å². The van der Waals surface area contributed by atoms with Crippen LogP contribution in [0.1, 0.15) is 39.1 Å². The summed E-state index contributed by atoms with van der Waals surface area (Å²) in [4.78, 5) is 27.2. The molecule has 0 aliphatic rings. The first kappa shape index (κ1) is 29.5. The second-order valence-corrected chi connectivity index (χ2v) is 9.99. The molecule has 36 heavy (non-hydrogen) atoms. The smallest absolute Gasteiger partial charge is 0.432 e. The van der Waals surface area contributed by atoms with Gasteiger partial charge in [0.05, 0.1) is 36.1 Å². The van der Waals surface area contributed by atoms with Crippen LogP contribution in [0.4, 0.5) is 9.59 Å². The van der Waals surface area contributed by atoms with Gasteiger partial charge in [0.1, 0.15) is 12.7 Å². The molecule has 0 aliphatic carbocycles. The molecule has 0 amide bonds. The number of hydrogen-bond acceptors (Lipinski definition) is 13. The van der Waals surface area contributed by atoms with E-state index in [1.54, 1.807) is 38.3 Å². The Bertz CT molecular complexity index is 1010. The highest BCUT2D eigenvalue weighted by molar-refractivity contribution is 7.53. The predicted octanol–water partition coefficient (Wildman–Crippen LogP) is 3.18. The molecule has 1 N–H and O–H groups in total. The molecule has 2 aromatic heterocycles. The summed E-state index contributed by atoms with van der Waals surface area (Å²) < 4.78 is 49.6. The number of fused-ring (bicyclic) bond motifs is 1. The van der Waals surface area contributed by atoms with Crippen molar-refractivity contribution in [1.82, 2.24) is 14.6 Å². The summed E-state index contributed by atoms with van der Waals surface area (Å²) in [5, 5.41) is 14.0. The number of aromatic nitrogens is 3. The number of aryl methyl sites for hydroxylation is 1. The van der Waals surface area contributed by atoms with E-state index in [9.17, 15) is 19.3 Å². The number of hydrogen-bond donors (Lipinski definition) is 1. The summed E-state index contributed by atoms with van der Waals surface area (Å²) in [5.74, 6) is 0. The first-order valence-corrected chi connectivity index (χ1v) is 12.8. The van der Waals surface area contributed by atoms with Gasteiger partial charge in [-0.2, -0.15) is 5.10 Å². The Balaban J connectivity index is 2.01. The number of ether oxygens (including phenoxy) is 5. The molecule has 15 heteroatoms. The van der Waals surface area contributed by atoms with Gasteiger partial charge in [-0.25, -0.2) is 19.1 Å². The number of aliphatic hydroxyl groups excluding tert-OH is 1. The third-order valence-corrected chi connectivity index (χ3v) is 5.81. The van der Waals surface area contributed by atoms with Gasteiger partial charge in [-0.3, -0.25) is 13.6 Å². The maximum Gasteiger partial charge on any atom is 0.510 e. The van der Waals surface area contributed by atoms with Crippen molar-refractivity contribution in [3.8, 4) is 0 Å². The van der Waals surface area contributed by atoms with Crippen molar-refractivity contribution >= 4 is 25.4 Å². The molecule has 0 saturated carbocycles. The summed E-state index contributed by atoms with van der Waals surface area (Å²) in [7, 11) is -4.14. The Morgan fingerprint density at radius 3 is 2.14 bits per heavy atom. The standard InChI is InChI=1S/C21H32N3O11P/c1-14(2)34-20(26)29-11-32-36(28,33-12-30-21(27)35-15(3)4)13-31-18(9-25)8-17-6-7-19-16(5)22-10-23-24(17)19/h6-7,10,14-15,18,25H,8-9,11-13H2,1-5H3. The fourth-order valence-electron chi connectivity index (χ4n) is 2.75. The molecule has 2 rings (SSSR count). The molecule has 0 saturated heterocycles. The van der Waals surface area contributed by atoms with Crippen molar-refractivity contribution in [3.05, 3.63) is 29.8 Å². The molecule has 2 heterocycles. The number of carbonyl (C=O) groups is 2. The van der Waals surface area contributed by atoms with Crippen LogP contribution in [-0.2, 0) is 43.7 Å². The lowest BCUT2D eigenvalue weighted by atomic mass is 10.2. The van der Waals surface area contributed by atoms with Crippen LogP contribution < -0.4 is 0 Å². The van der Waals surface area contributed by atoms with Crippen LogP contribution in [0.2, 0.25) is 0 Å². The van der Waals surface area contributed by atoms with Crippen LogP contribution in [0.5, 0.6) is 0 Å². The van der Waals surface area contributed by atoms with Gasteiger partial charge in [0.15, 0.2) is 0 Å². The summed E-state index contributed by atoms with van der Waals surface area (Å²) in [6.45, 7) is 6.32. The largest absolute Gasteiger partial charge is 0.510 e. The van der Waals surface area contributed by atoms with Crippen LogP contribution in [0.3, 0.4) is 0 Å². The van der Waals surface area contributed by atoms with Crippen molar-refractivity contribution in [1.29, 1.82) is 0 Å². The maximum atomic E-state index is 13.2. The van der Waals surface area contributed by atoms with E-state index in [1.165, 1.54) is 6.33 Å². The molecular weight excluding hydrogens is 501 g/mol. The van der Waals surface area contributed by atoms with Gasteiger partial charge in [-0.15, -0.1) is 0 Å². The molecule has 0 spiro atoms. The minimum atomic E-state index is -4.14. The monoisotopic (exact) mass is 533 g/mol. The first-order chi connectivity index (χ1) is 17.0. The van der Waals surface area contributed by atoms with Gasteiger partial charge in [0, 0.05) is 12.1 Å². The zero-order valence-electron chi connectivity index (χ0n) is 20.8. The molecule has 1 atom stereocenters. The van der Waals surface area contributed by atoms with Crippen LogP contribution in [0.15, 0.2) is 18.5 Å². The molecule has 0 bridgehead atoms. The Morgan fingerprint density at radius 1 is 1.03 bits per heavy atom. The Kier molecular flexibility index (Phi) is 11.5. The molecule has 1 unspecified atom stereocenters. The van der Waals surface area contributed by atoms with Crippen LogP contribution in [-0.4, -0.2) is 76.9 Å². The van der Waals surface area contributed by atoms with Crippen molar-refractivity contribution in [2.45, 2.75) is 59.4 Å². The average molecular weight is 533 g/mol. The fourth-order valence-corrected chi connectivity index (χ4v) is 3.79. The molecule has 0 aliphatic heterocycles. The normalized spacial score (nSPS) is 12.7. The van der Waals surface area contributed by atoms with E-state index >= 15 is 0 Å². The van der Waals surface area contributed by atoms with Gasteiger partial charge in [0.25, 0.3) is 0 Å². The second kappa shape index (κ2) is 14.1. The SMILES string of the molecule is Cc1ncnn2c(CC(CO)OCP(=O)(OCOC(=O)OC(C)C)OCOC(=O)OC(C)C)ccc12. The second-order valence-electron chi connectivity index (χ2n) is 8.00. The minimum absolute atomic E-state index is 0.204. The third-order valence-electron chi connectivity index (χ3n) is 4.35. The van der Waals surface area contributed by atoms with Crippen molar-refractivity contribution < 1.29 is 52.0 Å². The highest BCUT2D eigenvalue weighted by Crippen LogP contribution is 2.48. The number of rotatable bonds is 14. The zero-order chi connectivity index (χ0) is 26.7. The number of aliphatic hydroxyl groups is 1. The van der Waals surface area contributed by atoms with Gasteiger partial charge < -0.3 is 28.8 Å². The van der Waals surface area contributed by atoms with Gasteiger partial charge in [-0.1, -0.05) is 0 Å². The molecular formula is C21H32N3O11P. The molecule has 202 valence electrons.